The van der Waals surface area contributed by atoms with Gasteiger partial charge in [-0.05, 0) is 43.6 Å². The first-order valence-electron chi connectivity index (χ1n) is 8.06. The van der Waals surface area contributed by atoms with E-state index in [-0.39, 0.29) is 5.57 Å². The summed E-state index contributed by atoms with van der Waals surface area (Å²) in [5.74, 6) is -1.50. The highest BCUT2D eigenvalue weighted by Crippen LogP contribution is 2.27. The third-order valence-corrected chi connectivity index (χ3v) is 4.42. The lowest BCUT2D eigenvalue weighted by molar-refractivity contribution is -0.133. The van der Waals surface area contributed by atoms with E-state index in [1.807, 2.05) is 0 Å². The number of nitrogens with one attached hydrogen (secondary N) is 2. The van der Waals surface area contributed by atoms with Gasteiger partial charge in [0.1, 0.15) is 5.82 Å². The van der Waals surface area contributed by atoms with E-state index in [1.165, 1.54) is 30.7 Å². The Bertz CT molecular complexity index is 666. The van der Waals surface area contributed by atoms with E-state index in [9.17, 15) is 19.1 Å². The fourth-order valence-electron chi connectivity index (χ4n) is 3.24. The third kappa shape index (κ3) is 3.56. The summed E-state index contributed by atoms with van der Waals surface area (Å²) in [5, 5.41) is 14.9. The van der Waals surface area contributed by atoms with Gasteiger partial charge in [-0.3, -0.25) is 4.90 Å². The van der Waals surface area contributed by atoms with Gasteiger partial charge in [0.25, 0.3) is 0 Å². The molecule has 0 bridgehead atoms. The number of amides is 2. The molecule has 0 spiro atoms. The Balaban J connectivity index is 1.94. The molecular formula is C17H20FN3O3. The van der Waals surface area contributed by atoms with Gasteiger partial charge in [0.15, 0.2) is 0 Å². The minimum absolute atomic E-state index is 0.104. The molecule has 2 heterocycles. The molecule has 6 nitrogen and oxygen atoms in total. The number of carboxylic acid groups (broad SMARTS) is 1. The highest BCUT2D eigenvalue weighted by Gasteiger charge is 2.33. The summed E-state index contributed by atoms with van der Waals surface area (Å²) in [6, 6.07) is 4.26. The molecule has 3 rings (SSSR count). The molecule has 1 aromatic rings. The van der Waals surface area contributed by atoms with Crippen LogP contribution < -0.4 is 10.6 Å². The van der Waals surface area contributed by atoms with Crippen molar-refractivity contribution in [3.63, 3.8) is 0 Å². The number of aliphatic carboxylic acids is 1. The highest BCUT2D eigenvalue weighted by atomic mass is 19.1. The second-order valence-corrected chi connectivity index (χ2v) is 6.12. The molecule has 0 saturated carbocycles. The second kappa shape index (κ2) is 7.00. The molecule has 0 radical (unpaired) electrons. The Morgan fingerprint density at radius 2 is 1.88 bits per heavy atom. The first kappa shape index (κ1) is 16.4. The number of carboxylic acids is 1. The number of likely N-dealkylation sites (tertiary alicyclic amines) is 1. The van der Waals surface area contributed by atoms with Crippen LogP contribution in [0.15, 0.2) is 35.5 Å². The molecule has 7 heteroatoms. The maximum absolute atomic E-state index is 13.1. The van der Waals surface area contributed by atoms with Crippen LogP contribution in [0, 0.1) is 5.82 Å². The van der Waals surface area contributed by atoms with Crippen LogP contribution >= 0.6 is 0 Å². The summed E-state index contributed by atoms with van der Waals surface area (Å²) in [7, 11) is 0. The van der Waals surface area contributed by atoms with Crippen LogP contribution in [0.3, 0.4) is 0 Å². The number of benzene rings is 1. The van der Waals surface area contributed by atoms with Gasteiger partial charge in [-0.1, -0.05) is 18.6 Å². The van der Waals surface area contributed by atoms with Crippen molar-refractivity contribution in [2.75, 3.05) is 19.6 Å². The summed E-state index contributed by atoms with van der Waals surface area (Å²) in [4.78, 5) is 26.0. The number of nitrogens with zero attached hydrogens (tertiary/aromatic N) is 1. The van der Waals surface area contributed by atoms with Crippen molar-refractivity contribution in [2.45, 2.75) is 25.3 Å². The Morgan fingerprint density at radius 1 is 1.21 bits per heavy atom. The molecule has 0 aliphatic carbocycles. The SMILES string of the molecule is O=C1NC(CN2CCCCC2)=C(C(=O)O)C(c2ccc(F)cc2)N1. The van der Waals surface area contributed by atoms with Crippen molar-refractivity contribution in [3.8, 4) is 0 Å². The average molecular weight is 333 g/mol. The van der Waals surface area contributed by atoms with E-state index in [0.29, 0.717) is 17.8 Å². The second-order valence-electron chi connectivity index (χ2n) is 6.12. The number of carbonyl (C=O) groups is 2. The quantitative estimate of drug-likeness (QED) is 0.787. The summed E-state index contributed by atoms with van der Waals surface area (Å²) in [5.41, 5.74) is 1.05. The van der Waals surface area contributed by atoms with E-state index >= 15 is 0 Å². The van der Waals surface area contributed by atoms with Crippen molar-refractivity contribution < 1.29 is 19.1 Å². The summed E-state index contributed by atoms with van der Waals surface area (Å²) < 4.78 is 13.1. The Kier molecular flexibility index (Phi) is 4.80. The normalized spacial score (nSPS) is 22.0. The molecular weight excluding hydrogens is 313 g/mol. The molecule has 1 aromatic carbocycles. The third-order valence-electron chi connectivity index (χ3n) is 4.42. The van der Waals surface area contributed by atoms with Gasteiger partial charge in [0.2, 0.25) is 0 Å². The predicted octanol–water partition coefficient (Wildman–Crippen LogP) is 2.00. The molecule has 3 N–H and O–H groups in total. The van der Waals surface area contributed by atoms with Crippen LogP contribution in [0.5, 0.6) is 0 Å². The first-order chi connectivity index (χ1) is 11.5. The van der Waals surface area contributed by atoms with Crippen molar-refractivity contribution in [3.05, 3.63) is 46.9 Å². The van der Waals surface area contributed by atoms with Gasteiger partial charge in [0, 0.05) is 12.2 Å². The predicted molar refractivity (Wildman–Crippen MR) is 85.8 cm³/mol. The van der Waals surface area contributed by atoms with Gasteiger partial charge in [0.05, 0.1) is 11.6 Å². The van der Waals surface area contributed by atoms with Gasteiger partial charge < -0.3 is 15.7 Å². The number of urea groups is 1. The summed E-state index contributed by atoms with van der Waals surface area (Å²) in [6.07, 6.45) is 3.32. The number of rotatable bonds is 4. The fraction of sp³-hybridized carbons (Fsp3) is 0.412. The van der Waals surface area contributed by atoms with Crippen molar-refractivity contribution in [2.24, 2.45) is 0 Å². The van der Waals surface area contributed by atoms with Gasteiger partial charge >= 0.3 is 12.0 Å². The summed E-state index contributed by atoms with van der Waals surface area (Å²) in [6.45, 7) is 2.18. The maximum atomic E-state index is 13.1. The van der Waals surface area contributed by atoms with E-state index < -0.39 is 23.9 Å². The minimum atomic E-state index is -1.09. The molecule has 128 valence electrons. The number of hydrogen-bond donors (Lipinski definition) is 3. The van der Waals surface area contributed by atoms with Crippen LogP contribution in [-0.2, 0) is 4.79 Å². The number of halogens is 1. The Labute approximate surface area is 139 Å². The molecule has 0 aromatic heterocycles. The number of carbonyl (C=O) groups excluding carboxylic acids is 1. The zero-order valence-corrected chi connectivity index (χ0v) is 13.2. The van der Waals surface area contributed by atoms with Crippen LogP contribution in [0.25, 0.3) is 0 Å². The van der Waals surface area contributed by atoms with Crippen molar-refractivity contribution >= 4 is 12.0 Å². The Morgan fingerprint density at radius 3 is 2.50 bits per heavy atom. The smallest absolute Gasteiger partial charge is 0.335 e. The molecule has 1 saturated heterocycles. The maximum Gasteiger partial charge on any atom is 0.335 e. The largest absolute Gasteiger partial charge is 0.478 e. The van der Waals surface area contributed by atoms with Crippen LogP contribution in [0.1, 0.15) is 30.9 Å². The van der Waals surface area contributed by atoms with Crippen molar-refractivity contribution in [1.82, 2.24) is 15.5 Å². The monoisotopic (exact) mass is 333 g/mol. The van der Waals surface area contributed by atoms with Gasteiger partial charge in [-0.2, -0.15) is 0 Å². The fourth-order valence-corrected chi connectivity index (χ4v) is 3.24. The van der Waals surface area contributed by atoms with Gasteiger partial charge in [-0.15, -0.1) is 0 Å². The lowest BCUT2D eigenvalue weighted by Gasteiger charge is -2.33. The molecule has 1 unspecified atom stereocenters. The zero-order chi connectivity index (χ0) is 17.1. The van der Waals surface area contributed by atoms with Crippen LogP contribution in [0.2, 0.25) is 0 Å². The standard InChI is InChI=1S/C17H20FN3O3/c18-12-6-4-11(5-7-12)15-14(16(22)23)13(19-17(24)20-15)10-21-8-2-1-3-9-21/h4-7,15H,1-3,8-10H2,(H,22,23)(H2,19,20,24). The zero-order valence-electron chi connectivity index (χ0n) is 13.2. The first-order valence-corrected chi connectivity index (χ1v) is 8.06. The molecule has 2 aliphatic rings. The molecule has 24 heavy (non-hydrogen) atoms. The molecule has 1 atom stereocenters. The van der Waals surface area contributed by atoms with E-state index in [2.05, 4.69) is 15.5 Å². The Hall–Kier alpha value is -2.41. The van der Waals surface area contributed by atoms with Crippen LogP contribution in [-0.4, -0.2) is 41.6 Å². The average Bonchev–Trinajstić information content (AvgIpc) is 2.55. The molecule has 2 amide bonds. The lowest BCUT2D eigenvalue weighted by atomic mass is 9.95. The lowest BCUT2D eigenvalue weighted by Crippen LogP contribution is -2.48. The highest BCUT2D eigenvalue weighted by molar-refractivity contribution is 5.94. The number of piperidine rings is 1. The van der Waals surface area contributed by atoms with Crippen LogP contribution in [0.4, 0.5) is 9.18 Å². The van der Waals surface area contributed by atoms with E-state index in [0.717, 1.165) is 25.9 Å². The van der Waals surface area contributed by atoms with Gasteiger partial charge in [-0.25, -0.2) is 14.0 Å². The minimum Gasteiger partial charge on any atom is -0.478 e. The summed E-state index contributed by atoms with van der Waals surface area (Å²) >= 11 is 0. The number of hydrogen-bond acceptors (Lipinski definition) is 3. The topological polar surface area (TPSA) is 81.7 Å². The van der Waals surface area contributed by atoms with Crippen molar-refractivity contribution in [1.29, 1.82) is 0 Å². The molecule has 1 fully saturated rings. The van der Waals surface area contributed by atoms with E-state index in [1.54, 1.807) is 0 Å². The molecule has 2 aliphatic heterocycles. The van der Waals surface area contributed by atoms with E-state index in [4.69, 9.17) is 0 Å².